The van der Waals surface area contributed by atoms with Crippen LogP contribution in [-0.2, 0) is 9.59 Å². The Kier molecular flexibility index (Phi) is 3.95. The molecule has 1 aromatic rings. The van der Waals surface area contributed by atoms with Gasteiger partial charge in [0.25, 0.3) is 0 Å². The summed E-state index contributed by atoms with van der Waals surface area (Å²) in [6.45, 7) is 0. The standard InChI is InChI=1S/C20H23BrN2O2S/c21-20-7-12-3-13(8-20)6-19(5-12,11-20)9-17(24)22-14-1-2-16-15(4-14)23-18(25)10-26-16/h1-2,4,12-13H,3,5-11H2,(H,22,24)(H,23,25). The molecule has 2 N–H and O–H groups in total. The number of carbonyl (C=O) groups is 2. The van der Waals surface area contributed by atoms with E-state index in [0.717, 1.165) is 34.5 Å². The second kappa shape index (κ2) is 5.99. The lowest BCUT2D eigenvalue weighted by Crippen LogP contribution is -2.53. The average Bonchev–Trinajstić information content (AvgIpc) is 2.51. The van der Waals surface area contributed by atoms with Crippen LogP contribution in [0.25, 0.3) is 0 Å². The Morgan fingerprint density at radius 3 is 2.77 bits per heavy atom. The molecule has 4 bridgehead atoms. The number of fused-ring (bicyclic) bond motifs is 1. The van der Waals surface area contributed by atoms with E-state index in [9.17, 15) is 9.59 Å². The Hall–Kier alpha value is -1.01. The molecule has 6 rings (SSSR count). The van der Waals surface area contributed by atoms with Crippen LogP contribution >= 0.6 is 27.7 Å². The molecule has 1 aliphatic heterocycles. The maximum absolute atomic E-state index is 12.8. The molecule has 0 spiro atoms. The number of rotatable bonds is 3. The summed E-state index contributed by atoms with van der Waals surface area (Å²) < 4.78 is 0.282. The highest BCUT2D eigenvalue weighted by molar-refractivity contribution is 9.10. The van der Waals surface area contributed by atoms with Gasteiger partial charge in [0.15, 0.2) is 0 Å². The second-order valence-corrected chi connectivity index (χ2v) is 11.6. The van der Waals surface area contributed by atoms with Crippen molar-refractivity contribution in [3.05, 3.63) is 18.2 Å². The monoisotopic (exact) mass is 434 g/mol. The number of alkyl halides is 1. The van der Waals surface area contributed by atoms with Crippen LogP contribution in [-0.4, -0.2) is 21.9 Å². The maximum Gasteiger partial charge on any atom is 0.234 e. The molecule has 2 atom stereocenters. The lowest BCUT2D eigenvalue weighted by atomic mass is 9.48. The topological polar surface area (TPSA) is 58.2 Å². The molecule has 1 aromatic carbocycles. The molecule has 0 aromatic heterocycles. The van der Waals surface area contributed by atoms with Crippen LogP contribution in [0.3, 0.4) is 0 Å². The summed E-state index contributed by atoms with van der Waals surface area (Å²) in [7, 11) is 0. The van der Waals surface area contributed by atoms with Crippen molar-refractivity contribution in [2.75, 3.05) is 16.4 Å². The molecular weight excluding hydrogens is 412 g/mol. The molecule has 0 radical (unpaired) electrons. The number of hydrogen-bond donors (Lipinski definition) is 2. The zero-order valence-electron chi connectivity index (χ0n) is 14.6. The highest BCUT2D eigenvalue weighted by atomic mass is 79.9. The molecule has 4 saturated carbocycles. The summed E-state index contributed by atoms with van der Waals surface area (Å²) in [5.41, 5.74) is 1.75. The molecule has 0 saturated heterocycles. The number of amides is 2. The number of thioether (sulfide) groups is 1. The molecule has 1 heterocycles. The molecule has 2 unspecified atom stereocenters. The molecule has 4 fully saturated rings. The maximum atomic E-state index is 12.8. The van der Waals surface area contributed by atoms with E-state index in [1.54, 1.807) is 0 Å². The minimum Gasteiger partial charge on any atom is -0.326 e. The van der Waals surface area contributed by atoms with Gasteiger partial charge >= 0.3 is 0 Å². The quantitative estimate of drug-likeness (QED) is 0.671. The van der Waals surface area contributed by atoms with Crippen molar-refractivity contribution in [3.8, 4) is 0 Å². The predicted molar refractivity (Wildman–Crippen MR) is 108 cm³/mol. The fourth-order valence-corrected chi connectivity index (χ4v) is 8.55. The number of hydrogen-bond acceptors (Lipinski definition) is 3. The molecule has 138 valence electrons. The lowest BCUT2D eigenvalue weighted by Gasteiger charge is -2.60. The minimum absolute atomic E-state index is 0.0159. The largest absolute Gasteiger partial charge is 0.326 e. The van der Waals surface area contributed by atoms with Gasteiger partial charge in [-0.05, 0) is 74.0 Å². The summed E-state index contributed by atoms with van der Waals surface area (Å²) in [5, 5.41) is 5.97. The first-order chi connectivity index (χ1) is 12.4. The first-order valence-corrected chi connectivity index (χ1v) is 11.2. The number of anilines is 2. The summed E-state index contributed by atoms with van der Waals surface area (Å²) in [6, 6.07) is 5.79. The van der Waals surface area contributed by atoms with Crippen LogP contribution in [0.15, 0.2) is 23.1 Å². The molecule has 26 heavy (non-hydrogen) atoms. The Labute approximate surface area is 166 Å². The van der Waals surface area contributed by atoms with E-state index < -0.39 is 0 Å². The third kappa shape index (κ3) is 3.09. The molecule has 4 nitrogen and oxygen atoms in total. The van der Waals surface area contributed by atoms with Crippen LogP contribution in [0.5, 0.6) is 0 Å². The minimum atomic E-state index is 0.0159. The number of halogens is 1. The molecule has 2 amide bonds. The van der Waals surface area contributed by atoms with Crippen molar-refractivity contribution in [1.29, 1.82) is 0 Å². The fourth-order valence-electron chi connectivity index (χ4n) is 6.25. The Bertz CT molecular complexity index is 782. The van der Waals surface area contributed by atoms with Crippen molar-refractivity contribution in [2.24, 2.45) is 17.3 Å². The zero-order valence-corrected chi connectivity index (χ0v) is 17.0. The first-order valence-electron chi connectivity index (χ1n) is 9.46. The normalized spacial score (nSPS) is 37.2. The summed E-state index contributed by atoms with van der Waals surface area (Å²) >= 11 is 5.56. The van der Waals surface area contributed by atoms with Gasteiger partial charge in [-0.15, -0.1) is 11.8 Å². The van der Waals surface area contributed by atoms with Crippen LogP contribution in [0, 0.1) is 17.3 Å². The molecular formula is C20H23BrN2O2S. The fraction of sp³-hybridized carbons (Fsp3) is 0.600. The van der Waals surface area contributed by atoms with Crippen LogP contribution in [0.2, 0.25) is 0 Å². The van der Waals surface area contributed by atoms with Crippen molar-refractivity contribution in [2.45, 2.75) is 54.2 Å². The predicted octanol–water partition coefficient (Wildman–Crippen LogP) is 4.79. The van der Waals surface area contributed by atoms with E-state index in [2.05, 4.69) is 26.6 Å². The summed E-state index contributed by atoms with van der Waals surface area (Å²) in [4.78, 5) is 25.5. The third-order valence-electron chi connectivity index (χ3n) is 6.54. The molecule has 5 aliphatic rings. The van der Waals surface area contributed by atoms with Gasteiger partial charge in [-0.2, -0.15) is 0 Å². The van der Waals surface area contributed by atoms with Crippen LogP contribution in [0.1, 0.15) is 44.9 Å². The second-order valence-electron chi connectivity index (χ2n) is 8.88. The van der Waals surface area contributed by atoms with E-state index in [4.69, 9.17) is 0 Å². The first kappa shape index (κ1) is 17.1. The van der Waals surface area contributed by atoms with Crippen LogP contribution in [0.4, 0.5) is 11.4 Å². The zero-order chi connectivity index (χ0) is 17.9. The smallest absolute Gasteiger partial charge is 0.234 e. The van der Waals surface area contributed by atoms with Gasteiger partial charge in [0, 0.05) is 21.3 Å². The highest BCUT2D eigenvalue weighted by Crippen LogP contribution is 2.65. The van der Waals surface area contributed by atoms with Crippen molar-refractivity contribution < 1.29 is 9.59 Å². The number of nitrogens with one attached hydrogen (secondary N) is 2. The van der Waals surface area contributed by atoms with Crippen molar-refractivity contribution in [3.63, 3.8) is 0 Å². The van der Waals surface area contributed by atoms with Gasteiger partial charge in [0.2, 0.25) is 11.8 Å². The van der Waals surface area contributed by atoms with Crippen molar-refractivity contribution >= 4 is 50.9 Å². The van der Waals surface area contributed by atoms with E-state index >= 15 is 0 Å². The molecule has 4 aliphatic carbocycles. The van der Waals surface area contributed by atoms with Crippen LogP contribution < -0.4 is 10.6 Å². The third-order valence-corrected chi connectivity index (χ3v) is 8.54. The van der Waals surface area contributed by atoms with Gasteiger partial charge in [-0.1, -0.05) is 15.9 Å². The van der Waals surface area contributed by atoms with E-state index in [1.165, 1.54) is 43.9 Å². The van der Waals surface area contributed by atoms with E-state index in [-0.39, 0.29) is 21.6 Å². The number of carbonyl (C=O) groups excluding carboxylic acids is 2. The Balaban J connectivity index is 1.30. The van der Waals surface area contributed by atoms with Gasteiger partial charge < -0.3 is 10.6 Å². The average molecular weight is 435 g/mol. The summed E-state index contributed by atoms with van der Waals surface area (Å²) in [5.74, 6) is 2.16. The SMILES string of the molecule is O=C(CC12CC3CC(CC(Br)(C3)C1)C2)Nc1ccc2c(c1)NC(=O)CS2. The summed E-state index contributed by atoms with van der Waals surface area (Å²) in [6.07, 6.45) is 8.11. The van der Waals surface area contributed by atoms with Gasteiger partial charge in [0.05, 0.1) is 11.4 Å². The van der Waals surface area contributed by atoms with Gasteiger partial charge in [0.1, 0.15) is 0 Å². The van der Waals surface area contributed by atoms with E-state index in [1.807, 2.05) is 18.2 Å². The molecule has 6 heteroatoms. The van der Waals surface area contributed by atoms with Gasteiger partial charge in [-0.3, -0.25) is 9.59 Å². The number of benzene rings is 1. The Morgan fingerprint density at radius 1 is 1.27 bits per heavy atom. The Morgan fingerprint density at radius 2 is 2.04 bits per heavy atom. The van der Waals surface area contributed by atoms with E-state index in [0.29, 0.717) is 12.2 Å². The van der Waals surface area contributed by atoms with Crippen molar-refractivity contribution in [1.82, 2.24) is 0 Å². The van der Waals surface area contributed by atoms with Gasteiger partial charge in [-0.25, -0.2) is 0 Å². The lowest BCUT2D eigenvalue weighted by molar-refractivity contribution is -0.123. The highest BCUT2D eigenvalue weighted by Gasteiger charge is 2.57.